The Morgan fingerprint density at radius 1 is 1.25 bits per heavy atom. The maximum Gasteiger partial charge on any atom is 0.416 e. The van der Waals surface area contributed by atoms with E-state index in [0.717, 1.165) is 35.2 Å². The van der Waals surface area contributed by atoms with Crippen molar-refractivity contribution in [2.75, 3.05) is 0 Å². The minimum atomic E-state index is -4.59. The molecule has 0 unspecified atom stereocenters. The van der Waals surface area contributed by atoms with Gasteiger partial charge >= 0.3 is 12.1 Å². The van der Waals surface area contributed by atoms with Crippen LogP contribution in [0.4, 0.5) is 17.6 Å². The zero-order chi connectivity index (χ0) is 14.9. The van der Waals surface area contributed by atoms with E-state index in [1.165, 1.54) is 11.4 Å². The van der Waals surface area contributed by atoms with Gasteiger partial charge in [0.15, 0.2) is 0 Å². The first kappa shape index (κ1) is 14.9. The quantitative estimate of drug-likeness (QED) is 0.828. The van der Waals surface area contributed by atoms with Crippen molar-refractivity contribution < 1.29 is 27.5 Å². The monoisotopic (exact) mass is 322 g/mol. The number of carboxylic acids is 1. The Balaban J connectivity index is 2.23. The lowest BCUT2D eigenvalue weighted by Gasteiger charge is -2.08. The average molecular weight is 322 g/mol. The lowest BCUT2D eigenvalue weighted by molar-refractivity contribution is -0.137. The molecule has 0 saturated heterocycles. The van der Waals surface area contributed by atoms with Gasteiger partial charge in [0.1, 0.15) is 10.7 Å². The summed E-state index contributed by atoms with van der Waals surface area (Å²) in [5.74, 6) is -2.09. The van der Waals surface area contributed by atoms with Crippen LogP contribution in [0.3, 0.4) is 0 Å². The fraction of sp³-hybridized carbons (Fsp3) is 0.0833. The lowest BCUT2D eigenvalue weighted by atomic mass is 10.2. The molecule has 2 nitrogen and oxygen atoms in total. The number of rotatable bonds is 3. The Morgan fingerprint density at radius 3 is 2.45 bits per heavy atom. The molecule has 0 atom stereocenters. The van der Waals surface area contributed by atoms with Crippen LogP contribution >= 0.6 is 23.1 Å². The van der Waals surface area contributed by atoms with Gasteiger partial charge in [0, 0.05) is 15.2 Å². The summed E-state index contributed by atoms with van der Waals surface area (Å²) in [5.41, 5.74) is -1.06. The third-order valence-electron chi connectivity index (χ3n) is 2.27. The molecule has 1 heterocycles. The van der Waals surface area contributed by atoms with E-state index < -0.39 is 23.5 Å². The maximum absolute atomic E-state index is 13.6. The Kier molecular flexibility index (Phi) is 4.05. The number of hydrogen-bond acceptors (Lipinski definition) is 3. The molecule has 0 aliphatic rings. The van der Waals surface area contributed by atoms with E-state index >= 15 is 0 Å². The highest BCUT2D eigenvalue weighted by Crippen LogP contribution is 2.36. The van der Waals surface area contributed by atoms with Gasteiger partial charge in [0.2, 0.25) is 0 Å². The molecule has 1 aromatic carbocycles. The Hall–Kier alpha value is -1.54. The smallest absolute Gasteiger partial charge is 0.416 e. The van der Waals surface area contributed by atoms with E-state index in [9.17, 15) is 22.4 Å². The van der Waals surface area contributed by atoms with Gasteiger partial charge in [-0.05, 0) is 24.3 Å². The molecule has 1 N–H and O–H groups in total. The largest absolute Gasteiger partial charge is 0.477 e. The zero-order valence-corrected chi connectivity index (χ0v) is 11.2. The van der Waals surface area contributed by atoms with Crippen LogP contribution in [-0.2, 0) is 6.18 Å². The average Bonchev–Trinajstić information content (AvgIpc) is 2.79. The number of benzene rings is 1. The van der Waals surface area contributed by atoms with Gasteiger partial charge in [-0.3, -0.25) is 0 Å². The van der Waals surface area contributed by atoms with Gasteiger partial charge in [-0.2, -0.15) is 13.2 Å². The first-order valence-corrected chi connectivity index (χ1v) is 6.83. The number of halogens is 4. The molecule has 0 fully saturated rings. The molecule has 1 aromatic heterocycles. The second-order valence-electron chi connectivity index (χ2n) is 3.70. The standard InChI is InChI=1S/C12H6F4O2S2/c13-8-3-6(12(14,15)16)1-2-9(8)20-7-4-10(11(17)18)19-5-7/h1-5H,(H,17,18). The molecule has 0 saturated carbocycles. The molecular weight excluding hydrogens is 316 g/mol. The number of carboxylic acid groups (broad SMARTS) is 1. The molecule has 2 rings (SSSR count). The molecular formula is C12H6F4O2S2. The topological polar surface area (TPSA) is 37.3 Å². The van der Waals surface area contributed by atoms with Crippen LogP contribution in [0.5, 0.6) is 0 Å². The summed E-state index contributed by atoms with van der Waals surface area (Å²) in [5, 5.41) is 10.3. The number of aromatic carboxylic acids is 1. The van der Waals surface area contributed by atoms with Crippen molar-refractivity contribution in [1.29, 1.82) is 0 Å². The van der Waals surface area contributed by atoms with E-state index in [1.807, 2.05) is 0 Å². The van der Waals surface area contributed by atoms with E-state index in [0.29, 0.717) is 11.0 Å². The third-order valence-corrected chi connectivity index (χ3v) is 4.36. The van der Waals surface area contributed by atoms with Crippen LogP contribution in [0, 0.1) is 5.82 Å². The first-order valence-electron chi connectivity index (χ1n) is 5.14. The van der Waals surface area contributed by atoms with E-state index in [-0.39, 0.29) is 9.77 Å². The fourth-order valence-electron chi connectivity index (χ4n) is 1.37. The van der Waals surface area contributed by atoms with Gasteiger partial charge < -0.3 is 5.11 Å². The van der Waals surface area contributed by atoms with Crippen molar-refractivity contribution in [2.45, 2.75) is 16.0 Å². The number of thiophene rings is 1. The minimum Gasteiger partial charge on any atom is -0.477 e. The summed E-state index contributed by atoms with van der Waals surface area (Å²) in [6.45, 7) is 0. The zero-order valence-electron chi connectivity index (χ0n) is 9.57. The summed E-state index contributed by atoms with van der Waals surface area (Å²) in [6, 6.07) is 3.58. The fourth-order valence-corrected chi connectivity index (χ4v) is 3.11. The molecule has 0 bridgehead atoms. The number of hydrogen-bond donors (Lipinski definition) is 1. The second-order valence-corrected chi connectivity index (χ2v) is 5.72. The van der Waals surface area contributed by atoms with E-state index in [2.05, 4.69) is 0 Å². The number of alkyl halides is 3. The molecule has 2 aromatic rings. The SMILES string of the molecule is O=C(O)c1cc(Sc2ccc(C(F)(F)F)cc2F)cs1. The predicted octanol–water partition coefficient (Wildman–Crippen LogP) is 4.76. The summed E-state index contributed by atoms with van der Waals surface area (Å²) in [4.78, 5) is 11.2. The van der Waals surface area contributed by atoms with Crippen LogP contribution in [0.15, 0.2) is 39.4 Å². The Bertz CT molecular complexity index is 649. The van der Waals surface area contributed by atoms with Crippen LogP contribution in [0.25, 0.3) is 0 Å². The summed E-state index contributed by atoms with van der Waals surface area (Å²) in [6.07, 6.45) is -4.59. The lowest BCUT2D eigenvalue weighted by Crippen LogP contribution is -2.05. The van der Waals surface area contributed by atoms with Gasteiger partial charge in [-0.15, -0.1) is 11.3 Å². The Labute approximate surface area is 119 Å². The van der Waals surface area contributed by atoms with Crippen LogP contribution in [0.1, 0.15) is 15.2 Å². The molecule has 0 spiro atoms. The molecule has 0 amide bonds. The molecule has 8 heteroatoms. The normalized spacial score (nSPS) is 11.6. The summed E-state index contributed by atoms with van der Waals surface area (Å²) >= 11 is 1.84. The van der Waals surface area contributed by atoms with Crippen LogP contribution in [0.2, 0.25) is 0 Å². The molecule has 20 heavy (non-hydrogen) atoms. The van der Waals surface area contributed by atoms with Crippen molar-refractivity contribution in [2.24, 2.45) is 0 Å². The molecule has 106 valence electrons. The third kappa shape index (κ3) is 3.31. The summed E-state index contributed by atoms with van der Waals surface area (Å²) < 4.78 is 50.7. The van der Waals surface area contributed by atoms with Crippen LogP contribution in [-0.4, -0.2) is 11.1 Å². The van der Waals surface area contributed by atoms with Gasteiger partial charge in [0.25, 0.3) is 0 Å². The van der Waals surface area contributed by atoms with Crippen molar-refractivity contribution in [1.82, 2.24) is 0 Å². The molecule has 0 radical (unpaired) electrons. The highest BCUT2D eigenvalue weighted by atomic mass is 32.2. The van der Waals surface area contributed by atoms with E-state index in [4.69, 9.17) is 5.11 Å². The predicted molar refractivity (Wildman–Crippen MR) is 66.8 cm³/mol. The van der Waals surface area contributed by atoms with Gasteiger partial charge in [-0.25, -0.2) is 9.18 Å². The van der Waals surface area contributed by atoms with Crippen molar-refractivity contribution in [3.63, 3.8) is 0 Å². The minimum absolute atomic E-state index is 0.00717. The Morgan fingerprint density at radius 2 is 1.95 bits per heavy atom. The van der Waals surface area contributed by atoms with E-state index in [1.54, 1.807) is 0 Å². The highest BCUT2D eigenvalue weighted by molar-refractivity contribution is 7.99. The van der Waals surface area contributed by atoms with Gasteiger partial charge in [0.05, 0.1) is 5.56 Å². The van der Waals surface area contributed by atoms with Crippen molar-refractivity contribution >= 4 is 29.1 Å². The van der Waals surface area contributed by atoms with Gasteiger partial charge in [-0.1, -0.05) is 11.8 Å². The van der Waals surface area contributed by atoms with Crippen LogP contribution < -0.4 is 0 Å². The second kappa shape index (κ2) is 5.45. The van der Waals surface area contributed by atoms with Crippen molar-refractivity contribution in [3.8, 4) is 0 Å². The number of carbonyl (C=O) groups is 1. The highest BCUT2D eigenvalue weighted by Gasteiger charge is 2.31. The van der Waals surface area contributed by atoms with Crippen molar-refractivity contribution in [3.05, 3.63) is 45.9 Å². The maximum atomic E-state index is 13.6. The molecule has 0 aliphatic heterocycles. The molecule has 0 aliphatic carbocycles. The summed E-state index contributed by atoms with van der Waals surface area (Å²) in [7, 11) is 0. The first-order chi connectivity index (χ1) is 9.27.